The van der Waals surface area contributed by atoms with Crippen molar-refractivity contribution in [3.8, 4) is 0 Å². The van der Waals surface area contributed by atoms with E-state index in [0.29, 0.717) is 0 Å². The molecule has 1 aromatic carbocycles. The molecule has 96 valence electrons. The number of nitrogens with one attached hydrogen (secondary N) is 1. The minimum atomic E-state index is 0.992. The topological polar surface area (TPSA) is 17.0 Å². The van der Waals surface area contributed by atoms with Crippen molar-refractivity contribution in [2.45, 2.75) is 32.2 Å². The molecule has 1 heterocycles. The van der Waals surface area contributed by atoms with Crippen molar-refractivity contribution in [1.82, 2.24) is 9.88 Å². The second-order valence-electron chi connectivity index (χ2n) is 5.54. The third-order valence-corrected chi connectivity index (χ3v) is 3.96. The standard InChI is InChI=1S/C16H22N2/c1-18-12-14(15-6-2-3-7-16(15)18)11-17-10-4-5-13-8-9-13/h2-3,6-7,12-13,17H,4-5,8-11H2,1H3. The molecule has 0 bridgehead atoms. The first-order valence-corrected chi connectivity index (χ1v) is 7.08. The fourth-order valence-electron chi connectivity index (χ4n) is 2.71. The quantitative estimate of drug-likeness (QED) is 0.768. The molecule has 2 aromatic rings. The number of aryl methyl sites for hydroxylation is 1. The number of aromatic nitrogens is 1. The first-order valence-electron chi connectivity index (χ1n) is 7.08. The molecule has 1 N–H and O–H groups in total. The lowest BCUT2D eigenvalue weighted by Gasteiger charge is -2.03. The highest BCUT2D eigenvalue weighted by Gasteiger charge is 2.19. The zero-order chi connectivity index (χ0) is 12.4. The molecule has 0 unspecified atom stereocenters. The molecule has 1 aliphatic rings. The molecule has 1 aromatic heterocycles. The fraction of sp³-hybridized carbons (Fsp3) is 0.500. The minimum absolute atomic E-state index is 0.992. The summed E-state index contributed by atoms with van der Waals surface area (Å²) in [7, 11) is 2.12. The van der Waals surface area contributed by atoms with Crippen molar-refractivity contribution in [3.63, 3.8) is 0 Å². The second kappa shape index (κ2) is 5.15. The van der Waals surface area contributed by atoms with Gasteiger partial charge in [0, 0.05) is 30.7 Å². The maximum atomic E-state index is 3.58. The Morgan fingerprint density at radius 3 is 2.94 bits per heavy atom. The van der Waals surface area contributed by atoms with Gasteiger partial charge in [0.15, 0.2) is 0 Å². The highest BCUT2D eigenvalue weighted by Crippen LogP contribution is 2.33. The van der Waals surface area contributed by atoms with E-state index in [2.05, 4.69) is 47.4 Å². The number of rotatable bonds is 6. The summed E-state index contributed by atoms with van der Waals surface area (Å²) < 4.78 is 2.22. The van der Waals surface area contributed by atoms with Crippen molar-refractivity contribution in [2.75, 3.05) is 6.54 Å². The van der Waals surface area contributed by atoms with E-state index in [1.54, 1.807) is 0 Å². The van der Waals surface area contributed by atoms with Crippen LogP contribution in [0, 0.1) is 5.92 Å². The Bertz CT molecular complexity index is 523. The third kappa shape index (κ3) is 2.59. The SMILES string of the molecule is Cn1cc(CNCCCC2CC2)c2ccccc21. The van der Waals surface area contributed by atoms with Gasteiger partial charge in [-0.25, -0.2) is 0 Å². The van der Waals surface area contributed by atoms with Crippen LogP contribution in [0.4, 0.5) is 0 Å². The molecule has 0 atom stereocenters. The van der Waals surface area contributed by atoms with Crippen molar-refractivity contribution < 1.29 is 0 Å². The number of para-hydroxylation sites is 1. The Balaban J connectivity index is 1.56. The minimum Gasteiger partial charge on any atom is -0.350 e. The molecule has 0 amide bonds. The van der Waals surface area contributed by atoms with Gasteiger partial charge in [0.05, 0.1) is 0 Å². The summed E-state index contributed by atoms with van der Waals surface area (Å²) in [5.74, 6) is 1.06. The smallest absolute Gasteiger partial charge is 0.0481 e. The van der Waals surface area contributed by atoms with E-state index in [9.17, 15) is 0 Å². The first kappa shape index (κ1) is 11.8. The number of fused-ring (bicyclic) bond motifs is 1. The summed E-state index contributed by atoms with van der Waals surface area (Å²) >= 11 is 0. The molecule has 0 spiro atoms. The van der Waals surface area contributed by atoms with Gasteiger partial charge in [0.2, 0.25) is 0 Å². The van der Waals surface area contributed by atoms with Crippen LogP contribution in [-0.4, -0.2) is 11.1 Å². The number of benzene rings is 1. The molecule has 2 nitrogen and oxygen atoms in total. The molecule has 1 saturated carbocycles. The Morgan fingerprint density at radius 1 is 1.28 bits per heavy atom. The largest absolute Gasteiger partial charge is 0.350 e. The molecule has 0 aliphatic heterocycles. The van der Waals surface area contributed by atoms with Crippen LogP contribution in [0.1, 0.15) is 31.2 Å². The van der Waals surface area contributed by atoms with Gasteiger partial charge in [0.1, 0.15) is 0 Å². The summed E-state index contributed by atoms with van der Waals surface area (Å²) in [5.41, 5.74) is 2.74. The van der Waals surface area contributed by atoms with Crippen LogP contribution in [-0.2, 0) is 13.6 Å². The number of hydrogen-bond donors (Lipinski definition) is 1. The van der Waals surface area contributed by atoms with Gasteiger partial charge in [0.25, 0.3) is 0 Å². The summed E-state index contributed by atoms with van der Waals surface area (Å²) in [4.78, 5) is 0. The van der Waals surface area contributed by atoms with Crippen LogP contribution in [0.5, 0.6) is 0 Å². The monoisotopic (exact) mass is 242 g/mol. The molecule has 3 rings (SSSR count). The highest BCUT2D eigenvalue weighted by atomic mass is 14.9. The number of hydrogen-bond acceptors (Lipinski definition) is 1. The normalized spacial score (nSPS) is 15.4. The van der Waals surface area contributed by atoms with Crippen molar-refractivity contribution in [2.24, 2.45) is 13.0 Å². The third-order valence-electron chi connectivity index (χ3n) is 3.96. The molecule has 18 heavy (non-hydrogen) atoms. The van der Waals surface area contributed by atoms with Gasteiger partial charge >= 0.3 is 0 Å². The van der Waals surface area contributed by atoms with Crippen LogP contribution in [0.2, 0.25) is 0 Å². The van der Waals surface area contributed by atoms with E-state index in [1.165, 1.54) is 42.1 Å². The molecule has 2 heteroatoms. The van der Waals surface area contributed by atoms with E-state index in [4.69, 9.17) is 0 Å². The van der Waals surface area contributed by atoms with Crippen LogP contribution >= 0.6 is 0 Å². The molecule has 0 saturated heterocycles. The molecule has 1 aliphatic carbocycles. The van der Waals surface area contributed by atoms with Crippen LogP contribution in [0.25, 0.3) is 10.9 Å². The van der Waals surface area contributed by atoms with Gasteiger partial charge in [-0.2, -0.15) is 0 Å². The second-order valence-corrected chi connectivity index (χ2v) is 5.54. The van der Waals surface area contributed by atoms with Gasteiger partial charge in [-0.1, -0.05) is 31.0 Å². The van der Waals surface area contributed by atoms with Crippen molar-refractivity contribution >= 4 is 10.9 Å². The van der Waals surface area contributed by atoms with E-state index in [1.807, 2.05) is 0 Å². The maximum absolute atomic E-state index is 3.58. The van der Waals surface area contributed by atoms with E-state index in [0.717, 1.165) is 19.0 Å². The van der Waals surface area contributed by atoms with E-state index < -0.39 is 0 Å². The Morgan fingerprint density at radius 2 is 2.11 bits per heavy atom. The Kier molecular flexibility index (Phi) is 3.37. The lowest BCUT2D eigenvalue weighted by Crippen LogP contribution is -2.14. The van der Waals surface area contributed by atoms with Gasteiger partial charge in [-0.05, 0) is 36.9 Å². The number of nitrogens with zero attached hydrogens (tertiary/aromatic N) is 1. The predicted octanol–water partition coefficient (Wildman–Crippen LogP) is 3.46. The van der Waals surface area contributed by atoms with Crippen LogP contribution in [0.3, 0.4) is 0 Å². The Hall–Kier alpha value is -1.28. The molecule has 0 radical (unpaired) electrons. The van der Waals surface area contributed by atoms with Crippen LogP contribution in [0.15, 0.2) is 30.5 Å². The van der Waals surface area contributed by atoms with Gasteiger partial charge in [-0.3, -0.25) is 0 Å². The summed E-state index contributed by atoms with van der Waals surface area (Å²) in [6.45, 7) is 2.14. The summed E-state index contributed by atoms with van der Waals surface area (Å²) in [6, 6.07) is 8.64. The van der Waals surface area contributed by atoms with Gasteiger partial charge in [-0.15, -0.1) is 0 Å². The summed E-state index contributed by atoms with van der Waals surface area (Å²) in [5, 5.41) is 4.96. The Labute approximate surface area is 109 Å². The highest BCUT2D eigenvalue weighted by molar-refractivity contribution is 5.83. The van der Waals surface area contributed by atoms with E-state index >= 15 is 0 Å². The first-order chi connectivity index (χ1) is 8.84. The maximum Gasteiger partial charge on any atom is 0.0481 e. The predicted molar refractivity (Wildman–Crippen MR) is 76.6 cm³/mol. The average Bonchev–Trinajstić information content (AvgIpc) is 3.16. The van der Waals surface area contributed by atoms with Crippen molar-refractivity contribution in [3.05, 3.63) is 36.0 Å². The molecule has 1 fully saturated rings. The molecular formula is C16H22N2. The lowest BCUT2D eigenvalue weighted by atomic mass is 10.1. The summed E-state index contributed by atoms with van der Waals surface area (Å²) in [6.07, 6.45) is 7.95. The van der Waals surface area contributed by atoms with Crippen molar-refractivity contribution in [1.29, 1.82) is 0 Å². The van der Waals surface area contributed by atoms with E-state index in [-0.39, 0.29) is 0 Å². The zero-order valence-corrected chi connectivity index (χ0v) is 11.2. The average molecular weight is 242 g/mol. The fourth-order valence-corrected chi connectivity index (χ4v) is 2.71. The van der Waals surface area contributed by atoms with Gasteiger partial charge < -0.3 is 9.88 Å². The lowest BCUT2D eigenvalue weighted by molar-refractivity contribution is 0.594. The molecular weight excluding hydrogens is 220 g/mol. The van der Waals surface area contributed by atoms with Crippen LogP contribution < -0.4 is 5.32 Å². The zero-order valence-electron chi connectivity index (χ0n) is 11.2.